The highest BCUT2D eigenvalue weighted by molar-refractivity contribution is 8.25. The zero-order valence-corrected chi connectivity index (χ0v) is 18.7. The molecule has 0 bridgehead atoms. The first-order valence-electron chi connectivity index (χ1n) is 9.63. The first kappa shape index (κ1) is 22.5. The van der Waals surface area contributed by atoms with Gasteiger partial charge < -0.3 is 9.47 Å². The van der Waals surface area contributed by atoms with Crippen LogP contribution < -0.4 is 9.47 Å². The SMILES string of the molecule is CCOc1cc(C=C2C(=N)N3N=CSC3=NC2=O)cc(Cl)c1OCc1ccccc1[N+](=O)[O-]. The molecule has 0 saturated heterocycles. The van der Waals surface area contributed by atoms with Crippen molar-refractivity contribution in [3.8, 4) is 11.5 Å². The quantitative estimate of drug-likeness (QED) is 0.347. The minimum absolute atomic E-state index is 0.0468. The molecule has 2 aromatic rings. The Balaban J connectivity index is 1.65. The smallest absolute Gasteiger partial charge is 0.283 e. The molecule has 1 amide bonds. The number of nitro benzene ring substituents is 1. The minimum atomic E-state index is -0.560. The fraction of sp³-hybridized carbons (Fsp3) is 0.143. The van der Waals surface area contributed by atoms with E-state index in [1.807, 2.05) is 0 Å². The Hall–Kier alpha value is -3.70. The van der Waals surface area contributed by atoms with E-state index in [-0.39, 0.29) is 34.5 Å². The molecule has 4 rings (SSSR count). The fourth-order valence-electron chi connectivity index (χ4n) is 3.14. The third kappa shape index (κ3) is 4.59. The molecule has 2 aromatic carbocycles. The Labute approximate surface area is 197 Å². The molecule has 0 fully saturated rings. The number of nitrogens with one attached hydrogen (secondary N) is 1. The van der Waals surface area contributed by atoms with Gasteiger partial charge in [0.05, 0.1) is 33.2 Å². The van der Waals surface area contributed by atoms with Crippen molar-refractivity contribution in [3.63, 3.8) is 0 Å². The molecular weight excluding hydrogens is 470 g/mol. The number of halogens is 1. The lowest BCUT2D eigenvalue weighted by Crippen LogP contribution is -2.35. The number of amidine groups is 2. The molecule has 0 unspecified atom stereocenters. The third-order valence-electron chi connectivity index (χ3n) is 4.60. The summed E-state index contributed by atoms with van der Waals surface area (Å²) >= 11 is 7.60. The van der Waals surface area contributed by atoms with E-state index >= 15 is 0 Å². The second-order valence-electron chi connectivity index (χ2n) is 6.69. The molecule has 0 aromatic heterocycles. The predicted molar refractivity (Wildman–Crippen MR) is 126 cm³/mol. The number of aliphatic imine (C=N–C) groups is 1. The summed E-state index contributed by atoms with van der Waals surface area (Å²) in [6.45, 7) is 1.99. The number of hydrogen-bond donors (Lipinski definition) is 1. The van der Waals surface area contributed by atoms with Crippen LogP contribution in [-0.2, 0) is 11.4 Å². The number of fused-ring (bicyclic) bond motifs is 1. The van der Waals surface area contributed by atoms with E-state index < -0.39 is 10.8 Å². The first-order valence-corrected chi connectivity index (χ1v) is 10.9. The molecule has 0 radical (unpaired) electrons. The Morgan fingerprint density at radius 2 is 2.09 bits per heavy atom. The van der Waals surface area contributed by atoms with E-state index in [9.17, 15) is 14.9 Å². The number of carbonyl (C=O) groups is 1. The summed E-state index contributed by atoms with van der Waals surface area (Å²) in [6, 6.07) is 9.41. The molecule has 2 aliphatic rings. The van der Waals surface area contributed by atoms with Crippen molar-refractivity contribution in [1.29, 1.82) is 5.41 Å². The van der Waals surface area contributed by atoms with Gasteiger partial charge in [-0.1, -0.05) is 23.7 Å². The molecule has 1 N–H and O–H groups in total. The third-order valence-corrected chi connectivity index (χ3v) is 5.55. The van der Waals surface area contributed by atoms with Crippen molar-refractivity contribution >= 4 is 57.6 Å². The molecule has 168 valence electrons. The number of benzene rings is 2. The van der Waals surface area contributed by atoms with Crippen molar-refractivity contribution in [1.82, 2.24) is 5.01 Å². The molecule has 33 heavy (non-hydrogen) atoms. The van der Waals surface area contributed by atoms with E-state index in [1.54, 1.807) is 37.3 Å². The summed E-state index contributed by atoms with van der Waals surface area (Å²) in [4.78, 5) is 27.1. The van der Waals surface area contributed by atoms with Gasteiger partial charge in [0.2, 0.25) is 0 Å². The van der Waals surface area contributed by atoms with Crippen LogP contribution in [0.3, 0.4) is 0 Å². The molecule has 12 heteroatoms. The van der Waals surface area contributed by atoms with Crippen molar-refractivity contribution < 1.29 is 19.2 Å². The summed E-state index contributed by atoms with van der Waals surface area (Å²) in [5, 5.41) is 25.3. The Bertz CT molecular complexity index is 1260. The van der Waals surface area contributed by atoms with E-state index in [0.717, 1.165) is 11.8 Å². The number of nitrogens with zero attached hydrogens (tertiary/aromatic N) is 4. The van der Waals surface area contributed by atoms with Crippen LogP contribution in [0.1, 0.15) is 18.1 Å². The highest BCUT2D eigenvalue weighted by Crippen LogP contribution is 2.38. The summed E-state index contributed by atoms with van der Waals surface area (Å²) < 4.78 is 11.5. The fourth-order valence-corrected chi connectivity index (χ4v) is 4.02. The van der Waals surface area contributed by atoms with E-state index in [1.165, 1.54) is 22.7 Å². The maximum absolute atomic E-state index is 12.4. The Kier molecular flexibility index (Phi) is 6.43. The number of amides is 1. The summed E-state index contributed by atoms with van der Waals surface area (Å²) in [5.41, 5.74) is 2.35. The molecule has 2 aliphatic heterocycles. The molecule has 0 spiro atoms. The van der Waals surface area contributed by atoms with Crippen molar-refractivity contribution in [2.75, 3.05) is 6.61 Å². The number of carbonyl (C=O) groups excluding carboxylic acids is 1. The molecule has 10 nitrogen and oxygen atoms in total. The average molecular weight is 486 g/mol. The molecule has 0 saturated carbocycles. The van der Waals surface area contributed by atoms with Gasteiger partial charge in [0.1, 0.15) is 6.61 Å². The monoisotopic (exact) mass is 485 g/mol. The maximum atomic E-state index is 12.4. The van der Waals surface area contributed by atoms with Gasteiger partial charge in [-0.2, -0.15) is 15.1 Å². The van der Waals surface area contributed by atoms with Crippen LogP contribution in [0.2, 0.25) is 5.02 Å². The van der Waals surface area contributed by atoms with E-state index in [2.05, 4.69) is 10.1 Å². The Morgan fingerprint density at radius 1 is 1.30 bits per heavy atom. The van der Waals surface area contributed by atoms with Gasteiger partial charge in [0.25, 0.3) is 11.6 Å². The van der Waals surface area contributed by atoms with Crippen LogP contribution in [0, 0.1) is 15.5 Å². The number of hydrazone groups is 1. The van der Waals surface area contributed by atoms with Gasteiger partial charge in [-0.05, 0) is 48.5 Å². The van der Waals surface area contributed by atoms with Gasteiger partial charge >= 0.3 is 0 Å². The summed E-state index contributed by atoms with van der Waals surface area (Å²) in [5.74, 6) is -0.152. The number of hydrogen-bond acceptors (Lipinski definition) is 8. The van der Waals surface area contributed by atoms with Crippen LogP contribution in [0.5, 0.6) is 11.5 Å². The van der Waals surface area contributed by atoms with Gasteiger partial charge in [-0.25, -0.2) is 0 Å². The lowest BCUT2D eigenvalue weighted by atomic mass is 10.1. The zero-order valence-electron chi connectivity index (χ0n) is 17.1. The standard InChI is InChI=1S/C21H16ClN5O5S/c1-2-31-17-9-12(7-14-19(23)26-21(25-20(14)28)33-11-24-26)8-15(22)18(17)32-10-13-5-3-4-6-16(13)27(29)30/h3-9,11,23H,2,10H2,1H3. The van der Waals surface area contributed by atoms with Crippen LogP contribution >= 0.6 is 23.4 Å². The number of ether oxygens (including phenoxy) is 2. The topological polar surface area (TPSA) is 130 Å². The lowest BCUT2D eigenvalue weighted by molar-refractivity contribution is -0.385. The molecule has 2 heterocycles. The van der Waals surface area contributed by atoms with Crippen molar-refractivity contribution in [2.24, 2.45) is 10.1 Å². The summed E-state index contributed by atoms with van der Waals surface area (Å²) in [6.07, 6.45) is 1.48. The second-order valence-corrected chi connectivity index (χ2v) is 7.91. The predicted octanol–water partition coefficient (Wildman–Crippen LogP) is 4.47. The normalized spacial score (nSPS) is 16.1. The average Bonchev–Trinajstić information content (AvgIpc) is 3.25. The molecular formula is C21H16ClN5O5S. The van der Waals surface area contributed by atoms with Gasteiger partial charge in [0, 0.05) is 6.07 Å². The van der Waals surface area contributed by atoms with Crippen molar-refractivity contribution in [2.45, 2.75) is 13.5 Å². The van der Waals surface area contributed by atoms with Crippen molar-refractivity contribution in [3.05, 3.63) is 68.2 Å². The lowest BCUT2D eigenvalue weighted by Gasteiger charge is -2.20. The van der Waals surface area contributed by atoms with E-state index in [0.29, 0.717) is 28.7 Å². The highest BCUT2D eigenvalue weighted by atomic mass is 35.5. The van der Waals surface area contributed by atoms with Gasteiger partial charge in [0.15, 0.2) is 22.5 Å². The molecule has 0 aliphatic carbocycles. The van der Waals surface area contributed by atoms with Crippen LogP contribution in [-0.4, -0.2) is 39.0 Å². The number of para-hydroxylation sites is 1. The number of nitro groups is 1. The summed E-state index contributed by atoms with van der Waals surface area (Å²) in [7, 11) is 0. The van der Waals surface area contributed by atoms with Crippen LogP contribution in [0.25, 0.3) is 6.08 Å². The largest absolute Gasteiger partial charge is 0.490 e. The van der Waals surface area contributed by atoms with Crippen LogP contribution in [0.4, 0.5) is 5.69 Å². The minimum Gasteiger partial charge on any atom is -0.490 e. The number of rotatable bonds is 7. The zero-order chi connectivity index (χ0) is 23.5. The maximum Gasteiger partial charge on any atom is 0.283 e. The number of thioether (sulfide) groups is 1. The van der Waals surface area contributed by atoms with Gasteiger partial charge in [-0.15, -0.1) is 0 Å². The second kappa shape index (κ2) is 9.43. The van der Waals surface area contributed by atoms with E-state index in [4.69, 9.17) is 26.5 Å². The van der Waals surface area contributed by atoms with Gasteiger partial charge in [-0.3, -0.25) is 20.3 Å². The van der Waals surface area contributed by atoms with Crippen LogP contribution in [0.15, 0.2) is 52.1 Å². The Morgan fingerprint density at radius 3 is 2.85 bits per heavy atom. The first-order chi connectivity index (χ1) is 15.9. The highest BCUT2D eigenvalue weighted by Gasteiger charge is 2.32. The molecule has 0 atom stereocenters.